The molecule has 2 aliphatic heterocycles. The molecule has 3 rings (SSSR count). The summed E-state index contributed by atoms with van der Waals surface area (Å²) in [4.78, 5) is 27.4. The average Bonchev–Trinajstić information content (AvgIpc) is 3.12. The third-order valence-electron chi connectivity index (χ3n) is 5.80. The predicted octanol–water partition coefficient (Wildman–Crippen LogP) is 2.66. The fourth-order valence-electron chi connectivity index (χ4n) is 4.22. The lowest BCUT2D eigenvalue weighted by Gasteiger charge is -2.40. The van der Waals surface area contributed by atoms with Crippen LogP contribution in [0.25, 0.3) is 0 Å². The number of rotatable bonds is 4. The van der Waals surface area contributed by atoms with Crippen molar-refractivity contribution in [3.63, 3.8) is 0 Å². The molecule has 3 atom stereocenters. The molecule has 1 amide bonds. The molecule has 2 saturated heterocycles. The molecule has 31 heavy (non-hydrogen) atoms. The van der Waals surface area contributed by atoms with E-state index in [0.717, 1.165) is 19.4 Å². The Bertz CT molecular complexity index is 834. The summed E-state index contributed by atoms with van der Waals surface area (Å²) in [6.45, 7) is 12.3. The van der Waals surface area contributed by atoms with Crippen LogP contribution in [0.15, 0.2) is 6.07 Å². The lowest BCUT2D eigenvalue weighted by Crippen LogP contribution is -2.55. The molecule has 1 aromatic heterocycles. The van der Waals surface area contributed by atoms with Crippen LogP contribution in [0.5, 0.6) is 6.01 Å². The maximum atomic E-state index is 12.5. The quantitative estimate of drug-likeness (QED) is 0.719. The highest BCUT2D eigenvalue weighted by molar-refractivity contribution is 5.69. The summed E-state index contributed by atoms with van der Waals surface area (Å²) in [5, 5.41) is 9.46. The number of anilines is 1. The minimum Gasteiger partial charge on any atom is -0.459 e. The molecule has 0 spiro atoms. The van der Waals surface area contributed by atoms with Gasteiger partial charge in [0.25, 0.3) is 0 Å². The zero-order valence-electron chi connectivity index (χ0n) is 19.5. The summed E-state index contributed by atoms with van der Waals surface area (Å²) in [7, 11) is 2.10. The van der Waals surface area contributed by atoms with E-state index in [0.29, 0.717) is 31.5 Å². The maximum absolute atomic E-state index is 12.5. The molecule has 0 aromatic carbocycles. The van der Waals surface area contributed by atoms with Gasteiger partial charge in [0.05, 0.1) is 0 Å². The van der Waals surface area contributed by atoms with Crippen molar-refractivity contribution >= 4 is 11.9 Å². The highest BCUT2D eigenvalue weighted by Crippen LogP contribution is 2.24. The van der Waals surface area contributed by atoms with E-state index < -0.39 is 5.60 Å². The smallest absolute Gasteiger partial charge is 0.410 e. The molecule has 9 nitrogen and oxygen atoms in total. The van der Waals surface area contributed by atoms with E-state index in [1.807, 2.05) is 34.6 Å². The van der Waals surface area contributed by atoms with Crippen LogP contribution in [-0.2, 0) is 4.74 Å². The number of likely N-dealkylation sites (tertiary alicyclic amines) is 1. The number of carbonyl (C=O) groups excluding carboxylic acids is 1. The van der Waals surface area contributed by atoms with E-state index in [4.69, 9.17) is 9.47 Å². The van der Waals surface area contributed by atoms with Crippen LogP contribution in [-0.4, -0.2) is 82.9 Å². The minimum atomic E-state index is -0.529. The Hall–Kier alpha value is -2.60. The summed E-state index contributed by atoms with van der Waals surface area (Å²) in [5.41, 5.74) is -0.257. The number of hydrogen-bond donors (Lipinski definition) is 0. The van der Waals surface area contributed by atoms with Crippen molar-refractivity contribution in [1.29, 1.82) is 5.26 Å². The third-order valence-corrected chi connectivity index (χ3v) is 5.80. The number of carbonyl (C=O) groups is 1. The Labute approximate surface area is 184 Å². The number of ether oxygens (including phenoxy) is 2. The fourth-order valence-corrected chi connectivity index (χ4v) is 4.22. The lowest BCUT2D eigenvalue weighted by molar-refractivity contribution is 0.0158. The topological polar surface area (TPSA) is 94.8 Å². The van der Waals surface area contributed by atoms with E-state index in [-0.39, 0.29) is 29.9 Å². The number of piperazine rings is 1. The zero-order chi connectivity index (χ0) is 22.8. The van der Waals surface area contributed by atoms with Crippen LogP contribution in [0.2, 0.25) is 0 Å². The Morgan fingerprint density at radius 3 is 2.61 bits per heavy atom. The van der Waals surface area contributed by atoms with Crippen LogP contribution >= 0.6 is 0 Å². The summed E-state index contributed by atoms with van der Waals surface area (Å²) < 4.78 is 11.6. The van der Waals surface area contributed by atoms with Crippen molar-refractivity contribution in [2.75, 3.05) is 38.1 Å². The van der Waals surface area contributed by atoms with E-state index in [1.165, 1.54) is 0 Å². The number of nitrogens with zero attached hydrogens (tertiary/aromatic N) is 6. The Balaban J connectivity index is 1.71. The van der Waals surface area contributed by atoms with Crippen molar-refractivity contribution in [3.8, 4) is 12.1 Å². The molecular formula is C22H34N6O3. The molecular weight excluding hydrogens is 396 g/mol. The Morgan fingerprint density at radius 1 is 1.29 bits per heavy atom. The van der Waals surface area contributed by atoms with Gasteiger partial charge in [-0.3, -0.25) is 4.90 Å². The monoisotopic (exact) mass is 430 g/mol. The van der Waals surface area contributed by atoms with Gasteiger partial charge in [-0.15, -0.1) is 0 Å². The van der Waals surface area contributed by atoms with E-state index in [2.05, 4.69) is 32.9 Å². The fraction of sp³-hybridized carbons (Fsp3) is 0.727. The largest absolute Gasteiger partial charge is 0.459 e. The first kappa shape index (κ1) is 23.1. The number of aromatic nitrogens is 2. The Kier molecular flexibility index (Phi) is 6.90. The minimum absolute atomic E-state index is 0.0560. The summed E-state index contributed by atoms with van der Waals surface area (Å²) in [6, 6.07) is 4.27. The second-order valence-corrected chi connectivity index (χ2v) is 9.49. The van der Waals surface area contributed by atoms with E-state index in [9.17, 15) is 10.1 Å². The van der Waals surface area contributed by atoms with Gasteiger partial charge in [0, 0.05) is 37.8 Å². The standard InChI is InChI=1S/C22H34N6O3/c1-15-14-27(10-11-28(15)21(29)31-22(3,4)5)19-12-17(13-23)24-20(25-19)30-16(2)18-8-7-9-26(18)6/h12,15-16,18H,7-11,14H2,1-6H3/t15-,16-,18-/m0/s1. The highest BCUT2D eigenvalue weighted by Gasteiger charge is 2.32. The van der Waals surface area contributed by atoms with Crippen molar-refractivity contribution in [2.24, 2.45) is 0 Å². The third kappa shape index (κ3) is 5.76. The van der Waals surface area contributed by atoms with Gasteiger partial charge in [-0.1, -0.05) is 0 Å². The first-order chi connectivity index (χ1) is 14.6. The number of amides is 1. The van der Waals surface area contributed by atoms with Gasteiger partial charge >= 0.3 is 12.1 Å². The predicted molar refractivity (Wildman–Crippen MR) is 117 cm³/mol. The van der Waals surface area contributed by atoms with Crippen LogP contribution < -0.4 is 9.64 Å². The normalized spacial score (nSPS) is 23.4. The van der Waals surface area contributed by atoms with Gasteiger partial charge in [0.2, 0.25) is 0 Å². The van der Waals surface area contributed by atoms with Crippen molar-refractivity contribution in [3.05, 3.63) is 11.8 Å². The zero-order valence-corrected chi connectivity index (χ0v) is 19.5. The molecule has 0 N–H and O–H groups in total. The molecule has 0 unspecified atom stereocenters. The van der Waals surface area contributed by atoms with Crippen molar-refractivity contribution in [1.82, 2.24) is 19.8 Å². The molecule has 0 saturated carbocycles. The summed E-state index contributed by atoms with van der Waals surface area (Å²) in [6.07, 6.45) is 1.85. The summed E-state index contributed by atoms with van der Waals surface area (Å²) in [5.74, 6) is 0.643. The lowest BCUT2D eigenvalue weighted by atomic mass is 10.1. The Morgan fingerprint density at radius 2 is 2.03 bits per heavy atom. The second-order valence-electron chi connectivity index (χ2n) is 9.49. The van der Waals surface area contributed by atoms with Gasteiger partial charge in [0.1, 0.15) is 29.3 Å². The van der Waals surface area contributed by atoms with Crippen LogP contribution in [0.1, 0.15) is 53.2 Å². The summed E-state index contributed by atoms with van der Waals surface area (Å²) >= 11 is 0. The average molecular weight is 431 g/mol. The maximum Gasteiger partial charge on any atom is 0.410 e. The second kappa shape index (κ2) is 9.27. The molecule has 0 radical (unpaired) electrons. The number of nitriles is 1. The van der Waals surface area contributed by atoms with Crippen LogP contribution in [0.4, 0.5) is 10.6 Å². The molecule has 170 valence electrons. The van der Waals surface area contributed by atoms with Crippen molar-refractivity contribution in [2.45, 2.75) is 71.2 Å². The van der Waals surface area contributed by atoms with Gasteiger partial charge in [-0.05, 0) is 61.1 Å². The molecule has 2 aliphatic rings. The molecule has 2 fully saturated rings. The van der Waals surface area contributed by atoms with Gasteiger partial charge in [-0.25, -0.2) is 4.79 Å². The molecule has 9 heteroatoms. The number of hydrogen-bond acceptors (Lipinski definition) is 8. The van der Waals surface area contributed by atoms with Crippen LogP contribution in [0, 0.1) is 11.3 Å². The SMILES string of the molecule is C[C@H](Oc1nc(C#N)cc(N2CCN(C(=O)OC(C)(C)C)[C@@H](C)C2)n1)[C@@H]1CCCN1C. The molecule has 3 heterocycles. The van der Waals surface area contributed by atoms with Gasteiger partial charge in [-0.2, -0.15) is 15.2 Å². The van der Waals surface area contributed by atoms with Gasteiger partial charge < -0.3 is 19.3 Å². The van der Waals surface area contributed by atoms with E-state index >= 15 is 0 Å². The van der Waals surface area contributed by atoms with Crippen LogP contribution in [0.3, 0.4) is 0 Å². The van der Waals surface area contributed by atoms with E-state index in [1.54, 1.807) is 11.0 Å². The number of likely N-dealkylation sites (N-methyl/N-ethyl adjacent to an activating group) is 1. The van der Waals surface area contributed by atoms with Gasteiger partial charge in [0.15, 0.2) is 0 Å². The highest BCUT2D eigenvalue weighted by atomic mass is 16.6. The molecule has 1 aromatic rings. The molecule has 0 bridgehead atoms. The first-order valence-electron chi connectivity index (χ1n) is 11.0. The molecule has 0 aliphatic carbocycles. The van der Waals surface area contributed by atoms with Crippen molar-refractivity contribution < 1.29 is 14.3 Å². The first-order valence-corrected chi connectivity index (χ1v) is 11.0.